The number of rotatable bonds is 7. The lowest BCUT2D eigenvalue weighted by Gasteiger charge is -2.30. The van der Waals surface area contributed by atoms with Gasteiger partial charge in [0.05, 0.1) is 6.54 Å². The Bertz CT molecular complexity index is 482. The number of quaternary nitrogens is 2. The molecule has 1 aromatic carbocycles. The molecule has 4 nitrogen and oxygen atoms in total. The molecule has 0 unspecified atom stereocenters. The topological polar surface area (TPSA) is 38.3 Å². The quantitative estimate of drug-likeness (QED) is 0.643. The maximum atomic E-state index is 10.3. The first-order valence-electron chi connectivity index (χ1n) is 9.08. The molecule has 4 heteroatoms. The Labute approximate surface area is 141 Å². The van der Waals surface area contributed by atoms with Crippen LogP contribution in [0.4, 0.5) is 0 Å². The third kappa shape index (κ3) is 5.48. The number of hydrogen-bond acceptors (Lipinski definition) is 2. The molecule has 3 N–H and O–H groups in total. The van der Waals surface area contributed by atoms with Gasteiger partial charge in [0.25, 0.3) is 0 Å². The van der Waals surface area contributed by atoms with Gasteiger partial charge in [0, 0.05) is 0 Å². The predicted octanol–water partition coefficient (Wildman–Crippen LogP) is -0.339. The molecule has 1 heterocycles. The van der Waals surface area contributed by atoms with E-state index in [9.17, 15) is 5.11 Å². The molecular weight excluding hydrogens is 288 g/mol. The van der Waals surface area contributed by atoms with Crippen molar-refractivity contribution < 1.29 is 19.6 Å². The average molecular weight is 322 g/mol. The summed E-state index contributed by atoms with van der Waals surface area (Å²) in [6.45, 7) is 15.8. The van der Waals surface area contributed by atoms with Crippen LogP contribution in [-0.4, -0.2) is 57.1 Å². The zero-order valence-electron chi connectivity index (χ0n) is 15.2. The summed E-state index contributed by atoms with van der Waals surface area (Å²) in [5.41, 5.74) is 2.42. The number of piperazine rings is 1. The van der Waals surface area contributed by atoms with E-state index in [1.807, 2.05) is 0 Å². The van der Waals surface area contributed by atoms with Crippen molar-refractivity contribution in [2.75, 3.05) is 45.9 Å². The molecule has 1 aromatic rings. The van der Waals surface area contributed by atoms with Crippen molar-refractivity contribution in [3.05, 3.63) is 29.3 Å². The molecule has 1 aliphatic heterocycles. The van der Waals surface area contributed by atoms with Crippen molar-refractivity contribution in [2.24, 2.45) is 0 Å². The molecule has 1 fully saturated rings. The van der Waals surface area contributed by atoms with Gasteiger partial charge < -0.3 is 19.6 Å². The van der Waals surface area contributed by atoms with E-state index < -0.39 is 6.10 Å². The minimum atomic E-state index is -0.395. The summed E-state index contributed by atoms with van der Waals surface area (Å²) < 4.78 is 5.96. The molecule has 0 saturated carbocycles. The van der Waals surface area contributed by atoms with Gasteiger partial charge in [0.1, 0.15) is 51.2 Å². The van der Waals surface area contributed by atoms with Crippen LogP contribution in [0.25, 0.3) is 0 Å². The summed E-state index contributed by atoms with van der Waals surface area (Å²) in [5, 5.41) is 10.3. The van der Waals surface area contributed by atoms with Gasteiger partial charge >= 0.3 is 0 Å². The fourth-order valence-electron chi connectivity index (χ4n) is 3.34. The Balaban J connectivity index is 1.83. The third-order valence-corrected chi connectivity index (χ3v) is 4.91. The molecule has 0 spiro atoms. The van der Waals surface area contributed by atoms with E-state index in [0.29, 0.717) is 12.5 Å². The molecule has 2 rings (SSSR count). The van der Waals surface area contributed by atoms with Crippen molar-refractivity contribution >= 4 is 0 Å². The highest BCUT2D eigenvalue weighted by atomic mass is 16.5. The summed E-state index contributed by atoms with van der Waals surface area (Å²) in [6, 6.07) is 6.34. The minimum absolute atomic E-state index is 0.386. The van der Waals surface area contributed by atoms with Crippen LogP contribution in [0, 0.1) is 6.92 Å². The second-order valence-corrected chi connectivity index (χ2v) is 7.22. The monoisotopic (exact) mass is 322 g/mol. The fourth-order valence-corrected chi connectivity index (χ4v) is 3.34. The number of ether oxygens (including phenoxy) is 1. The van der Waals surface area contributed by atoms with E-state index in [0.717, 1.165) is 25.4 Å². The van der Waals surface area contributed by atoms with E-state index >= 15 is 0 Å². The Kier molecular flexibility index (Phi) is 6.88. The lowest BCUT2D eigenvalue weighted by atomic mass is 10.0. The molecule has 0 aromatic heterocycles. The standard InChI is InChI=1S/C19H32N2O2/c1-5-20-8-10-21(11-9-20)13-17(22)14-23-19-12-16(4)6-7-18(19)15(2)3/h6-7,12,15,17,22H,5,8-11,13-14H2,1-4H3/p+2/t17-/m0/s1. The fraction of sp³-hybridized carbons (Fsp3) is 0.684. The van der Waals surface area contributed by atoms with Crippen molar-refractivity contribution in [1.82, 2.24) is 0 Å². The van der Waals surface area contributed by atoms with E-state index in [2.05, 4.69) is 45.9 Å². The molecule has 0 aliphatic carbocycles. The Morgan fingerprint density at radius 2 is 1.78 bits per heavy atom. The molecule has 1 saturated heterocycles. The summed E-state index contributed by atoms with van der Waals surface area (Å²) in [5.74, 6) is 1.35. The maximum absolute atomic E-state index is 10.3. The SMILES string of the molecule is CC[NH+]1CC[NH+](C[C@H](O)COc2cc(C)ccc2C(C)C)CC1. The number of aryl methyl sites for hydroxylation is 1. The highest BCUT2D eigenvalue weighted by molar-refractivity contribution is 5.39. The highest BCUT2D eigenvalue weighted by Crippen LogP contribution is 2.27. The van der Waals surface area contributed by atoms with E-state index in [-0.39, 0.29) is 0 Å². The lowest BCUT2D eigenvalue weighted by Crippen LogP contribution is -3.28. The first-order chi connectivity index (χ1) is 11.0. The van der Waals surface area contributed by atoms with Gasteiger partial charge in [0.15, 0.2) is 0 Å². The molecule has 0 radical (unpaired) electrons. The zero-order chi connectivity index (χ0) is 16.8. The average Bonchev–Trinajstić information content (AvgIpc) is 2.53. The Morgan fingerprint density at radius 3 is 2.39 bits per heavy atom. The first-order valence-corrected chi connectivity index (χ1v) is 9.08. The summed E-state index contributed by atoms with van der Waals surface area (Å²) in [6.07, 6.45) is -0.395. The van der Waals surface area contributed by atoms with Gasteiger partial charge in [-0.3, -0.25) is 0 Å². The molecular formula is C19H34N2O2+2. The van der Waals surface area contributed by atoms with Gasteiger partial charge in [-0.05, 0) is 37.0 Å². The molecule has 1 atom stereocenters. The minimum Gasteiger partial charge on any atom is -0.490 e. The summed E-state index contributed by atoms with van der Waals surface area (Å²) in [4.78, 5) is 3.19. The van der Waals surface area contributed by atoms with Crippen LogP contribution >= 0.6 is 0 Å². The Morgan fingerprint density at radius 1 is 1.13 bits per heavy atom. The normalized spacial score (nSPS) is 23.0. The van der Waals surface area contributed by atoms with Gasteiger partial charge in [-0.25, -0.2) is 0 Å². The largest absolute Gasteiger partial charge is 0.490 e. The van der Waals surface area contributed by atoms with Crippen LogP contribution in [0.1, 0.15) is 37.8 Å². The molecule has 0 amide bonds. The van der Waals surface area contributed by atoms with Crippen molar-refractivity contribution in [3.8, 4) is 5.75 Å². The van der Waals surface area contributed by atoms with Crippen molar-refractivity contribution in [3.63, 3.8) is 0 Å². The van der Waals surface area contributed by atoms with Crippen LogP contribution in [-0.2, 0) is 0 Å². The maximum Gasteiger partial charge on any atom is 0.137 e. The smallest absolute Gasteiger partial charge is 0.137 e. The first kappa shape index (κ1) is 18.2. The van der Waals surface area contributed by atoms with E-state index in [1.165, 1.54) is 35.7 Å². The van der Waals surface area contributed by atoms with Crippen LogP contribution in [0.2, 0.25) is 0 Å². The molecule has 0 bridgehead atoms. The second-order valence-electron chi connectivity index (χ2n) is 7.22. The van der Waals surface area contributed by atoms with Gasteiger partial charge in [-0.15, -0.1) is 0 Å². The molecule has 23 heavy (non-hydrogen) atoms. The van der Waals surface area contributed by atoms with E-state index in [1.54, 1.807) is 4.90 Å². The number of nitrogens with one attached hydrogen (secondary N) is 2. The summed E-state index contributed by atoms with van der Waals surface area (Å²) in [7, 11) is 0. The molecule has 1 aliphatic rings. The van der Waals surface area contributed by atoms with Crippen LogP contribution in [0.5, 0.6) is 5.75 Å². The number of hydrogen-bond donors (Lipinski definition) is 3. The highest BCUT2D eigenvalue weighted by Gasteiger charge is 2.24. The zero-order valence-corrected chi connectivity index (χ0v) is 15.2. The van der Waals surface area contributed by atoms with Gasteiger partial charge in [-0.2, -0.15) is 0 Å². The number of likely N-dealkylation sites (N-methyl/N-ethyl adjacent to an activating group) is 1. The number of aliphatic hydroxyl groups excluding tert-OH is 1. The molecule has 130 valence electrons. The van der Waals surface area contributed by atoms with Crippen LogP contribution < -0.4 is 14.5 Å². The van der Waals surface area contributed by atoms with Crippen molar-refractivity contribution in [2.45, 2.75) is 39.7 Å². The van der Waals surface area contributed by atoms with Crippen molar-refractivity contribution in [1.29, 1.82) is 0 Å². The lowest BCUT2D eigenvalue weighted by molar-refractivity contribution is -1.01. The van der Waals surface area contributed by atoms with Gasteiger partial charge in [0.2, 0.25) is 0 Å². The summed E-state index contributed by atoms with van der Waals surface area (Å²) >= 11 is 0. The van der Waals surface area contributed by atoms with Crippen LogP contribution in [0.3, 0.4) is 0 Å². The predicted molar refractivity (Wildman–Crippen MR) is 93.6 cm³/mol. The Hall–Kier alpha value is -1.10. The third-order valence-electron chi connectivity index (χ3n) is 4.91. The van der Waals surface area contributed by atoms with E-state index in [4.69, 9.17) is 4.74 Å². The van der Waals surface area contributed by atoms with Gasteiger partial charge in [-0.1, -0.05) is 26.0 Å². The second kappa shape index (κ2) is 8.67. The number of benzene rings is 1. The number of aliphatic hydroxyl groups is 1. The van der Waals surface area contributed by atoms with Crippen LogP contribution in [0.15, 0.2) is 18.2 Å².